The number of aromatic nitrogens is 1. The number of ether oxygens (including phenoxy) is 1. The summed E-state index contributed by atoms with van der Waals surface area (Å²) >= 11 is 0. The number of nitrogens with zero attached hydrogens (tertiary/aromatic N) is 1. The van der Waals surface area contributed by atoms with Gasteiger partial charge in [-0.15, -0.1) is 0 Å². The molecule has 2 N–H and O–H groups in total. The third-order valence-corrected chi connectivity index (χ3v) is 1.92. The SMILES string of the molecule is C=C(C)COCCNc1cccnc1C(=O)O. The second-order valence-corrected chi connectivity index (χ2v) is 3.64. The number of aromatic carboxylic acids is 1. The Hall–Kier alpha value is -1.88. The Morgan fingerprint density at radius 3 is 3.06 bits per heavy atom. The normalized spacial score (nSPS) is 9.94. The van der Waals surface area contributed by atoms with E-state index in [2.05, 4.69) is 16.9 Å². The fourth-order valence-electron chi connectivity index (χ4n) is 1.22. The van der Waals surface area contributed by atoms with Crippen molar-refractivity contribution in [3.05, 3.63) is 36.2 Å². The van der Waals surface area contributed by atoms with Crippen LogP contribution in [0.2, 0.25) is 0 Å². The van der Waals surface area contributed by atoms with Crippen LogP contribution in [-0.4, -0.2) is 35.8 Å². The summed E-state index contributed by atoms with van der Waals surface area (Å²) in [5, 5.41) is 11.9. The van der Waals surface area contributed by atoms with Crippen LogP contribution >= 0.6 is 0 Å². The summed E-state index contributed by atoms with van der Waals surface area (Å²) in [6, 6.07) is 3.36. The van der Waals surface area contributed by atoms with Gasteiger partial charge in [-0.3, -0.25) is 0 Å². The average Bonchev–Trinajstić information content (AvgIpc) is 2.28. The van der Waals surface area contributed by atoms with Crippen molar-refractivity contribution in [3.8, 4) is 0 Å². The van der Waals surface area contributed by atoms with Crippen LogP contribution < -0.4 is 5.32 Å². The number of anilines is 1. The van der Waals surface area contributed by atoms with Crippen LogP contribution in [0.15, 0.2) is 30.5 Å². The lowest BCUT2D eigenvalue weighted by atomic mass is 10.3. The summed E-state index contributed by atoms with van der Waals surface area (Å²) in [4.78, 5) is 14.6. The third-order valence-electron chi connectivity index (χ3n) is 1.92. The Morgan fingerprint density at radius 1 is 1.65 bits per heavy atom. The van der Waals surface area contributed by atoms with Gasteiger partial charge in [0.15, 0.2) is 5.69 Å². The third kappa shape index (κ3) is 4.65. The van der Waals surface area contributed by atoms with Gasteiger partial charge in [-0.1, -0.05) is 12.2 Å². The molecule has 0 amide bonds. The topological polar surface area (TPSA) is 71.5 Å². The van der Waals surface area contributed by atoms with Crippen LogP contribution in [0.4, 0.5) is 5.69 Å². The Labute approximate surface area is 100 Å². The van der Waals surface area contributed by atoms with E-state index in [0.29, 0.717) is 25.4 Å². The lowest BCUT2D eigenvalue weighted by Gasteiger charge is -2.08. The first-order valence-corrected chi connectivity index (χ1v) is 5.25. The molecule has 0 saturated heterocycles. The van der Waals surface area contributed by atoms with E-state index in [0.717, 1.165) is 5.57 Å². The van der Waals surface area contributed by atoms with E-state index in [1.54, 1.807) is 12.1 Å². The molecule has 0 unspecified atom stereocenters. The van der Waals surface area contributed by atoms with Gasteiger partial charge in [-0.25, -0.2) is 9.78 Å². The minimum atomic E-state index is -1.05. The van der Waals surface area contributed by atoms with E-state index in [9.17, 15) is 4.79 Å². The molecular formula is C12H16N2O3. The summed E-state index contributed by atoms with van der Waals surface area (Å²) in [6.45, 7) is 7.13. The van der Waals surface area contributed by atoms with E-state index in [1.807, 2.05) is 6.92 Å². The number of carboxylic acid groups (broad SMARTS) is 1. The van der Waals surface area contributed by atoms with Crippen LogP contribution in [0.1, 0.15) is 17.4 Å². The molecule has 0 saturated carbocycles. The smallest absolute Gasteiger partial charge is 0.356 e. The first kappa shape index (κ1) is 13.2. The van der Waals surface area contributed by atoms with Gasteiger partial charge in [0.1, 0.15) is 0 Å². The molecule has 0 fully saturated rings. The lowest BCUT2D eigenvalue weighted by molar-refractivity contribution is 0.0691. The van der Waals surface area contributed by atoms with Crippen LogP contribution in [-0.2, 0) is 4.74 Å². The standard InChI is InChI=1S/C12H16N2O3/c1-9(2)8-17-7-6-13-10-4-3-5-14-11(10)12(15)16/h3-5,13H,1,6-8H2,2H3,(H,15,16). The highest BCUT2D eigenvalue weighted by Crippen LogP contribution is 2.11. The molecule has 5 nitrogen and oxygen atoms in total. The van der Waals surface area contributed by atoms with Crippen LogP contribution in [0.25, 0.3) is 0 Å². The Kier molecular flexibility index (Phi) is 5.16. The molecule has 0 aromatic carbocycles. The quantitative estimate of drug-likeness (QED) is 0.557. The molecule has 5 heteroatoms. The highest BCUT2D eigenvalue weighted by Gasteiger charge is 2.09. The maximum absolute atomic E-state index is 10.9. The summed E-state index contributed by atoms with van der Waals surface area (Å²) < 4.78 is 5.29. The van der Waals surface area contributed by atoms with Gasteiger partial charge in [0.25, 0.3) is 0 Å². The van der Waals surface area contributed by atoms with Gasteiger partial charge in [0, 0.05) is 12.7 Å². The first-order valence-electron chi connectivity index (χ1n) is 5.25. The van der Waals surface area contributed by atoms with Crippen LogP contribution in [0, 0.1) is 0 Å². The predicted molar refractivity (Wildman–Crippen MR) is 65.3 cm³/mol. The van der Waals surface area contributed by atoms with E-state index < -0.39 is 5.97 Å². The van der Waals surface area contributed by atoms with E-state index >= 15 is 0 Å². The van der Waals surface area contributed by atoms with E-state index in [4.69, 9.17) is 9.84 Å². The highest BCUT2D eigenvalue weighted by molar-refractivity contribution is 5.91. The number of carboxylic acids is 1. The minimum Gasteiger partial charge on any atom is -0.476 e. The van der Waals surface area contributed by atoms with Gasteiger partial charge >= 0.3 is 5.97 Å². The highest BCUT2D eigenvalue weighted by atomic mass is 16.5. The summed E-state index contributed by atoms with van der Waals surface area (Å²) in [6.07, 6.45) is 1.45. The Bertz CT molecular complexity index is 404. The van der Waals surface area contributed by atoms with Crippen molar-refractivity contribution in [2.24, 2.45) is 0 Å². The summed E-state index contributed by atoms with van der Waals surface area (Å²) in [7, 11) is 0. The number of nitrogens with one attached hydrogen (secondary N) is 1. The van der Waals surface area contributed by atoms with Crippen molar-refractivity contribution in [3.63, 3.8) is 0 Å². The van der Waals surface area contributed by atoms with Crippen molar-refractivity contribution in [2.45, 2.75) is 6.92 Å². The van der Waals surface area contributed by atoms with Crippen LogP contribution in [0.3, 0.4) is 0 Å². The second kappa shape index (κ2) is 6.65. The van der Waals surface area contributed by atoms with Crippen molar-refractivity contribution >= 4 is 11.7 Å². The second-order valence-electron chi connectivity index (χ2n) is 3.64. The molecular weight excluding hydrogens is 220 g/mol. The fraction of sp³-hybridized carbons (Fsp3) is 0.333. The first-order chi connectivity index (χ1) is 8.11. The summed E-state index contributed by atoms with van der Waals surface area (Å²) in [5.74, 6) is -1.05. The molecule has 92 valence electrons. The largest absolute Gasteiger partial charge is 0.476 e. The molecule has 0 bridgehead atoms. The number of rotatable bonds is 7. The minimum absolute atomic E-state index is 0.0207. The van der Waals surface area contributed by atoms with Gasteiger partial charge in [0.05, 0.1) is 18.9 Å². The molecule has 0 aliphatic carbocycles. The molecule has 0 atom stereocenters. The predicted octanol–water partition coefficient (Wildman–Crippen LogP) is 1.78. The monoisotopic (exact) mass is 236 g/mol. The zero-order chi connectivity index (χ0) is 12.7. The molecule has 1 heterocycles. The van der Waals surface area contributed by atoms with E-state index in [-0.39, 0.29) is 5.69 Å². The van der Waals surface area contributed by atoms with Crippen molar-refractivity contribution in [1.82, 2.24) is 4.98 Å². The summed E-state index contributed by atoms with van der Waals surface area (Å²) in [5.41, 5.74) is 1.48. The Morgan fingerprint density at radius 2 is 2.41 bits per heavy atom. The molecule has 0 radical (unpaired) electrons. The molecule has 1 rings (SSSR count). The molecule has 1 aromatic rings. The fourth-order valence-corrected chi connectivity index (χ4v) is 1.22. The molecule has 0 aliphatic heterocycles. The van der Waals surface area contributed by atoms with Gasteiger partial charge in [-0.2, -0.15) is 0 Å². The van der Waals surface area contributed by atoms with Crippen molar-refractivity contribution in [1.29, 1.82) is 0 Å². The Balaban J connectivity index is 2.41. The van der Waals surface area contributed by atoms with Crippen molar-refractivity contribution in [2.75, 3.05) is 25.1 Å². The lowest BCUT2D eigenvalue weighted by Crippen LogP contribution is -2.13. The number of hydrogen-bond donors (Lipinski definition) is 2. The molecule has 17 heavy (non-hydrogen) atoms. The van der Waals surface area contributed by atoms with Crippen molar-refractivity contribution < 1.29 is 14.6 Å². The van der Waals surface area contributed by atoms with E-state index in [1.165, 1.54) is 6.20 Å². The molecule has 1 aromatic heterocycles. The zero-order valence-corrected chi connectivity index (χ0v) is 9.77. The number of carbonyl (C=O) groups is 1. The zero-order valence-electron chi connectivity index (χ0n) is 9.77. The number of hydrogen-bond acceptors (Lipinski definition) is 4. The average molecular weight is 236 g/mol. The molecule has 0 spiro atoms. The van der Waals surface area contributed by atoms with Gasteiger partial charge < -0.3 is 15.2 Å². The van der Waals surface area contributed by atoms with Gasteiger partial charge in [0.2, 0.25) is 0 Å². The maximum Gasteiger partial charge on any atom is 0.356 e. The maximum atomic E-state index is 10.9. The van der Waals surface area contributed by atoms with Gasteiger partial charge in [-0.05, 0) is 19.1 Å². The number of pyridine rings is 1. The van der Waals surface area contributed by atoms with Crippen LogP contribution in [0.5, 0.6) is 0 Å². The molecule has 0 aliphatic rings.